The SMILES string of the molecule is CCCCCCCCCNC(=NCc1nc(C)no1)NCC. The van der Waals surface area contributed by atoms with Crippen molar-refractivity contribution in [1.29, 1.82) is 0 Å². The molecule has 0 aliphatic heterocycles. The maximum Gasteiger partial charge on any atom is 0.248 e. The van der Waals surface area contributed by atoms with Crippen molar-refractivity contribution in [2.45, 2.75) is 72.3 Å². The summed E-state index contributed by atoms with van der Waals surface area (Å²) in [6.45, 7) is 8.31. The predicted octanol–water partition coefficient (Wildman–Crippen LogP) is 3.18. The highest BCUT2D eigenvalue weighted by Crippen LogP contribution is 2.06. The highest BCUT2D eigenvalue weighted by atomic mass is 16.5. The quantitative estimate of drug-likeness (QED) is 0.373. The lowest BCUT2D eigenvalue weighted by atomic mass is 10.1. The van der Waals surface area contributed by atoms with E-state index in [-0.39, 0.29) is 0 Å². The van der Waals surface area contributed by atoms with Crippen LogP contribution in [-0.2, 0) is 6.54 Å². The average molecular weight is 309 g/mol. The van der Waals surface area contributed by atoms with Crippen LogP contribution in [-0.4, -0.2) is 29.2 Å². The van der Waals surface area contributed by atoms with Gasteiger partial charge < -0.3 is 15.2 Å². The molecule has 0 radical (unpaired) electrons. The smallest absolute Gasteiger partial charge is 0.248 e. The van der Waals surface area contributed by atoms with Crippen molar-refractivity contribution in [3.05, 3.63) is 11.7 Å². The molecule has 1 rings (SSSR count). The van der Waals surface area contributed by atoms with Gasteiger partial charge in [0.1, 0.15) is 6.54 Å². The molecular formula is C16H31N5O. The van der Waals surface area contributed by atoms with Crippen LogP contribution in [0.3, 0.4) is 0 Å². The maximum atomic E-state index is 5.06. The van der Waals surface area contributed by atoms with E-state index >= 15 is 0 Å². The van der Waals surface area contributed by atoms with Gasteiger partial charge in [0.25, 0.3) is 0 Å². The van der Waals surface area contributed by atoms with Crippen molar-refractivity contribution in [2.75, 3.05) is 13.1 Å². The lowest BCUT2D eigenvalue weighted by Gasteiger charge is -2.10. The first-order valence-electron chi connectivity index (χ1n) is 8.57. The summed E-state index contributed by atoms with van der Waals surface area (Å²) in [6.07, 6.45) is 9.19. The van der Waals surface area contributed by atoms with Gasteiger partial charge in [0.15, 0.2) is 11.8 Å². The molecule has 0 unspecified atom stereocenters. The number of hydrogen-bond acceptors (Lipinski definition) is 4. The van der Waals surface area contributed by atoms with Crippen molar-refractivity contribution >= 4 is 5.96 Å². The number of unbranched alkanes of at least 4 members (excludes halogenated alkanes) is 6. The molecule has 6 heteroatoms. The van der Waals surface area contributed by atoms with E-state index in [0.717, 1.165) is 19.0 Å². The first-order valence-corrected chi connectivity index (χ1v) is 8.57. The summed E-state index contributed by atoms with van der Waals surface area (Å²) < 4.78 is 5.06. The Bertz CT molecular complexity index is 416. The molecule has 1 aromatic rings. The molecule has 0 amide bonds. The van der Waals surface area contributed by atoms with Gasteiger partial charge in [-0.2, -0.15) is 4.98 Å². The van der Waals surface area contributed by atoms with Crippen LogP contribution < -0.4 is 10.6 Å². The molecular weight excluding hydrogens is 278 g/mol. The van der Waals surface area contributed by atoms with Crippen LogP contribution in [0.4, 0.5) is 0 Å². The largest absolute Gasteiger partial charge is 0.357 e. The summed E-state index contributed by atoms with van der Waals surface area (Å²) in [5, 5.41) is 10.3. The number of rotatable bonds is 11. The summed E-state index contributed by atoms with van der Waals surface area (Å²) in [6, 6.07) is 0. The summed E-state index contributed by atoms with van der Waals surface area (Å²) in [4.78, 5) is 8.60. The summed E-state index contributed by atoms with van der Waals surface area (Å²) in [7, 11) is 0. The van der Waals surface area contributed by atoms with Crippen LogP contribution in [0.5, 0.6) is 0 Å². The number of nitrogens with one attached hydrogen (secondary N) is 2. The van der Waals surface area contributed by atoms with Gasteiger partial charge in [0, 0.05) is 13.1 Å². The second-order valence-electron chi connectivity index (χ2n) is 5.48. The number of aryl methyl sites for hydroxylation is 1. The van der Waals surface area contributed by atoms with Crippen LogP contribution in [0, 0.1) is 6.92 Å². The molecule has 0 aromatic carbocycles. The molecule has 22 heavy (non-hydrogen) atoms. The zero-order valence-electron chi connectivity index (χ0n) is 14.3. The second-order valence-corrected chi connectivity index (χ2v) is 5.48. The number of aromatic nitrogens is 2. The molecule has 0 saturated heterocycles. The Morgan fingerprint density at radius 1 is 1.05 bits per heavy atom. The van der Waals surface area contributed by atoms with Gasteiger partial charge in [-0.05, 0) is 20.3 Å². The molecule has 0 aliphatic rings. The number of hydrogen-bond donors (Lipinski definition) is 2. The highest BCUT2D eigenvalue weighted by Gasteiger charge is 2.02. The Hall–Kier alpha value is -1.59. The van der Waals surface area contributed by atoms with Crippen molar-refractivity contribution in [2.24, 2.45) is 4.99 Å². The normalized spacial score (nSPS) is 11.7. The Morgan fingerprint density at radius 2 is 1.77 bits per heavy atom. The van der Waals surface area contributed by atoms with Gasteiger partial charge >= 0.3 is 0 Å². The first-order chi connectivity index (χ1) is 10.8. The molecule has 0 atom stereocenters. The molecule has 0 bridgehead atoms. The maximum absolute atomic E-state index is 5.06. The fourth-order valence-electron chi connectivity index (χ4n) is 2.18. The molecule has 6 nitrogen and oxygen atoms in total. The predicted molar refractivity (Wildman–Crippen MR) is 89.8 cm³/mol. The lowest BCUT2D eigenvalue weighted by molar-refractivity contribution is 0.376. The van der Waals surface area contributed by atoms with Crippen LogP contribution in [0.2, 0.25) is 0 Å². The number of nitrogens with zero attached hydrogens (tertiary/aromatic N) is 3. The minimum Gasteiger partial charge on any atom is -0.357 e. The van der Waals surface area contributed by atoms with Crippen LogP contribution in [0.15, 0.2) is 9.52 Å². The van der Waals surface area contributed by atoms with Gasteiger partial charge in [0.05, 0.1) is 0 Å². The number of guanidine groups is 1. The van der Waals surface area contributed by atoms with Gasteiger partial charge in [0.2, 0.25) is 5.89 Å². The summed E-state index contributed by atoms with van der Waals surface area (Å²) in [5.74, 6) is 2.00. The second kappa shape index (κ2) is 12.0. The molecule has 1 heterocycles. The third-order valence-electron chi connectivity index (χ3n) is 3.36. The molecule has 0 fully saturated rings. The fraction of sp³-hybridized carbons (Fsp3) is 0.812. The van der Waals surface area contributed by atoms with Crippen molar-refractivity contribution < 1.29 is 4.52 Å². The van der Waals surface area contributed by atoms with Crippen molar-refractivity contribution in [3.8, 4) is 0 Å². The topological polar surface area (TPSA) is 75.3 Å². The van der Waals surface area contributed by atoms with E-state index in [1.165, 1.54) is 44.9 Å². The van der Waals surface area contributed by atoms with Gasteiger partial charge in [-0.1, -0.05) is 50.6 Å². The average Bonchev–Trinajstić information content (AvgIpc) is 2.93. The van der Waals surface area contributed by atoms with Gasteiger partial charge in [-0.25, -0.2) is 4.99 Å². The molecule has 126 valence electrons. The van der Waals surface area contributed by atoms with Crippen molar-refractivity contribution in [1.82, 2.24) is 20.8 Å². The number of aliphatic imine (C=N–C) groups is 1. The molecule has 2 N–H and O–H groups in total. The lowest BCUT2D eigenvalue weighted by Crippen LogP contribution is -2.37. The standard InChI is InChI=1S/C16H31N5O/c1-4-6-7-8-9-10-11-12-18-16(17-5-2)19-13-15-20-14(3)21-22-15/h4-13H2,1-3H3,(H2,17,18,19). The van der Waals surface area contributed by atoms with E-state index < -0.39 is 0 Å². The Balaban J connectivity index is 2.17. The van der Waals surface area contributed by atoms with E-state index in [4.69, 9.17) is 4.52 Å². The zero-order valence-corrected chi connectivity index (χ0v) is 14.3. The molecule has 0 spiro atoms. The Morgan fingerprint density at radius 3 is 2.41 bits per heavy atom. The molecule has 0 aliphatic carbocycles. The van der Waals surface area contributed by atoms with Crippen LogP contribution in [0.25, 0.3) is 0 Å². The summed E-state index contributed by atoms with van der Waals surface area (Å²) >= 11 is 0. The summed E-state index contributed by atoms with van der Waals surface area (Å²) in [5.41, 5.74) is 0. The monoisotopic (exact) mass is 309 g/mol. The van der Waals surface area contributed by atoms with E-state index in [1.54, 1.807) is 6.92 Å². The zero-order chi connectivity index (χ0) is 16.0. The molecule has 1 aromatic heterocycles. The van der Waals surface area contributed by atoms with Crippen LogP contribution in [0.1, 0.15) is 70.5 Å². The van der Waals surface area contributed by atoms with Gasteiger partial charge in [-0.15, -0.1) is 0 Å². The minimum absolute atomic E-state index is 0.410. The highest BCUT2D eigenvalue weighted by molar-refractivity contribution is 5.79. The third kappa shape index (κ3) is 8.64. The molecule has 0 saturated carbocycles. The Kier molecular flexibility index (Phi) is 10.1. The van der Waals surface area contributed by atoms with Crippen molar-refractivity contribution in [3.63, 3.8) is 0 Å². The minimum atomic E-state index is 0.410. The van der Waals surface area contributed by atoms with Gasteiger partial charge in [-0.3, -0.25) is 0 Å². The van der Waals surface area contributed by atoms with E-state index in [2.05, 4.69) is 39.6 Å². The first kappa shape index (κ1) is 18.5. The fourth-order valence-corrected chi connectivity index (χ4v) is 2.18. The van der Waals surface area contributed by atoms with E-state index in [1.807, 2.05) is 0 Å². The van der Waals surface area contributed by atoms with E-state index in [0.29, 0.717) is 18.3 Å². The van der Waals surface area contributed by atoms with Crippen LogP contribution >= 0.6 is 0 Å². The third-order valence-corrected chi connectivity index (χ3v) is 3.36. The Labute approximate surface area is 134 Å². The van der Waals surface area contributed by atoms with E-state index in [9.17, 15) is 0 Å².